The lowest BCUT2D eigenvalue weighted by molar-refractivity contribution is -0.157. The molecule has 1 saturated carbocycles. The zero-order valence-electron chi connectivity index (χ0n) is 11.6. The summed E-state index contributed by atoms with van der Waals surface area (Å²) in [5.41, 5.74) is -0.550. The Balaban J connectivity index is 2.50. The van der Waals surface area contributed by atoms with Gasteiger partial charge in [-0.05, 0) is 33.6 Å². The van der Waals surface area contributed by atoms with Gasteiger partial charge in [-0.3, -0.25) is 4.79 Å². The van der Waals surface area contributed by atoms with E-state index in [0.717, 1.165) is 0 Å². The maximum absolute atomic E-state index is 13.1. The van der Waals surface area contributed by atoms with Crippen molar-refractivity contribution in [3.63, 3.8) is 0 Å². The molecule has 0 amide bonds. The smallest absolute Gasteiger partial charge is 0.323 e. The van der Waals surface area contributed by atoms with E-state index in [0.29, 0.717) is 12.8 Å². The molecule has 2 atom stereocenters. The van der Waals surface area contributed by atoms with Crippen LogP contribution in [0.4, 0.5) is 8.78 Å². The first-order chi connectivity index (χ1) is 8.13. The summed E-state index contributed by atoms with van der Waals surface area (Å²) in [6.45, 7) is 7.22. The van der Waals surface area contributed by atoms with Crippen molar-refractivity contribution in [3.05, 3.63) is 0 Å². The van der Waals surface area contributed by atoms with Crippen molar-refractivity contribution in [3.8, 4) is 0 Å². The van der Waals surface area contributed by atoms with Crippen molar-refractivity contribution in [1.29, 1.82) is 0 Å². The Labute approximate surface area is 107 Å². The maximum atomic E-state index is 13.1. The predicted molar refractivity (Wildman–Crippen MR) is 65.6 cm³/mol. The molecule has 3 nitrogen and oxygen atoms in total. The Bertz CT molecular complexity index is 300. The lowest BCUT2D eigenvalue weighted by Gasteiger charge is -2.26. The molecule has 0 bridgehead atoms. The Morgan fingerprint density at radius 3 is 2.50 bits per heavy atom. The standard InChI is InChI=1S/C13H23F2NO2/c1-5-10(11(17)18-12(2,3)4)16-9-6-7-13(14,15)8-9/h9-10,16H,5-8H2,1-4H3. The minimum Gasteiger partial charge on any atom is -0.459 e. The van der Waals surface area contributed by atoms with Gasteiger partial charge in [0.1, 0.15) is 11.6 Å². The average Bonchev–Trinajstić information content (AvgIpc) is 2.51. The molecule has 0 heterocycles. The fraction of sp³-hybridized carbons (Fsp3) is 0.923. The minimum atomic E-state index is -2.59. The highest BCUT2D eigenvalue weighted by atomic mass is 19.3. The van der Waals surface area contributed by atoms with Crippen molar-refractivity contribution < 1.29 is 18.3 Å². The molecular weight excluding hydrogens is 240 g/mol. The summed E-state index contributed by atoms with van der Waals surface area (Å²) in [4.78, 5) is 11.9. The quantitative estimate of drug-likeness (QED) is 0.793. The number of halogens is 2. The first kappa shape index (κ1) is 15.3. The molecule has 1 aliphatic rings. The summed E-state index contributed by atoms with van der Waals surface area (Å²) >= 11 is 0. The highest BCUT2D eigenvalue weighted by Gasteiger charge is 2.40. The summed E-state index contributed by atoms with van der Waals surface area (Å²) in [7, 11) is 0. The SMILES string of the molecule is CCC(NC1CCC(F)(F)C1)C(=O)OC(C)(C)C. The Kier molecular flexibility index (Phi) is 4.70. The molecule has 0 aromatic rings. The van der Waals surface area contributed by atoms with E-state index in [2.05, 4.69) is 5.32 Å². The van der Waals surface area contributed by atoms with E-state index in [1.165, 1.54) is 0 Å². The molecule has 1 N–H and O–H groups in total. The van der Waals surface area contributed by atoms with Gasteiger partial charge in [-0.1, -0.05) is 6.92 Å². The van der Waals surface area contributed by atoms with E-state index in [-0.39, 0.29) is 24.9 Å². The third kappa shape index (κ3) is 4.88. The average molecular weight is 263 g/mol. The van der Waals surface area contributed by atoms with Gasteiger partial charge in [-0.15, -0.1) is 0 Å². The van der Waals surface area contributed by atoms with E-state index in [1.807, 2.05) is 6.92 Å². The largest absolute Gasteiger partial charge is 0.459 e. The number of nitrogens with one attached hydrogen (secondary N) is 1. The lowest BCUT2D eigenvalue weighted by atomic mass is 10.1. The molecular formula is C13H23F2NO2. The van der Waals surface area contributed by atoms with Gasteiger partial charge in [0.15, 0.2) is 0 Å². The molecule has 0 aromatic heterocycles. The number of hydrogen-bond acceptors (Lipinski definition) is 3. The van der Waals surface area contributed by atoms with Crippen LogP contribution in [0, 0.1) is 0 Å². The number of rotatable bonds is 4. The first-order valence-electron chi connectivity index (χ1n) is 6.50. The summed E-state index contributed by atoms with van der Waals surface area (Å²) < 4.78 is 31.4. The normalized spacial score (nSPS) is 24.9. The molecule has 5 heteroatoms. The highest BCUT2D eigenvalue weighted by Crippen LogP contribution is 2.35. The second-order valence-electron chi connectivity index (χ2n) is 5.96. The zero-order chi connectivity index (χ0) is 14.0. The van der Waals surface area contributed by atoms with Crippen molar-refractivity contribution in [1.82, 2.24) is 5.32 Å². The van der Waals surface area contributed by atoms with Gasteiger partial charge < -0.3 is 10.1 Å². The molecule has 0 saturated heterocycles. The maximum Gasteiger partial charge on any atom is 0.323 e. The fourth-order valence-electron chi connectivity index (χ4n) is 2.10. The fourth-order valence-corrected chi connectivity index (χ4v) is 2.10. The van der Waals surface area contributed by atoms with Crippen LogP contribution in [0.15, 0.2) is 0 Å². The van der Waals surface area contributed by atoms with E-state index in [4.69, 9.17) is 4.74 Å². The number of hydrogen-bond donors (Lipinski definition) is 1. The van der Waals surface area contributed by atoms with E-state index in [1.54, 1.807) is 20.8 Å². The molecule has 0 aliphatic heterocycles. The number of carbonyl (C=O) groups is 1. The van der Waals surface area contributed by atoms with Crippen molar-refractivity contribution in [2.24, 2.45) is 0 Å². The number of alkyl halides is 2. The molecule has 1 rings (SSSR count). The molecule has 0 aromatic carbocycles. The van der Waals surface area contributed by atoms with Crippen LogP contribution in [0.1, 0.15) is 53.4 Å². The van der Waals surface area contributed by atoms with Crippen LogP contribution in [0.25, 0.3) is 0 Å². The molecule has 106 valence electrons. The molecule has 0 radical (unpaired) electrons. The van der Waals surface area contributed by atoms with E-state index >= 15 is 0 Å². The number of ether oxygens (including phenoxy) is 1. The van der Waals surface area contributed by atoms with Crippen LogP contribution in [-0.4, -0.2) is 29.6 Å². The summed E-state index contributed by atoms with van der Waals surface area (Å²) in [6, 6.07) is -0.791. The molecule has 1 aliphatic carbocycles. The monoisotopic (exact) mass is 263 g/mol. The van der Waals surface area contributed by atoms with Crippen molar-refractivity contribution in [2.75, 3.05) is 0 Å². The molecule has 2 unspecified atom stereocenters. The third-order valence-corrected chi connectivity index (χ3v) is 2.94. The second-order valence-corrected chi connectivity index (χ2v) is 5.96. The van der Waals surface area contributed by atoms with Crippen LogP contribution in [0.3, 0.4) is 0 Å². The lowest BCUT2D eigenvalue weighted by Crippen LogP contribution is -2.45. The van der Waals surface area contributed by atoms with Gasteiger partial charge >= 0.3 is 5.97 Å². The summed E-state index contributed by atoms with van der Waals surface area (Å²) in [6.07, 6.45) is 0.658. The van der Waals surface area contributed by atoms with Crippen molar-refractivity contribution in [2.45, 2.75) is 77.0 Å². The van der Waals surface area contributed by atoms with E-state index in [9.17, 15) is 13.6 Å². The van der Waals surface area contributed by atoms with Crippen LogP contribution < -0.4 is 5.32 Å². The summed E-state index contributed by atoms with van der Waals surface area (Å²) in [5, 5.41) is 2.99. The van der Waals surface area contributed by atoms with Gasteiger partial charge in [0.25, 0.3) is 0 Å². The molecule has 1 fully saturated rings. The van der Waals surface area contributed by atoms with Gasteiger partial charge in [0.05, 0.1) is 0 Å². The van der Waals surface area contributed by atoms with Gasteiger partial charge in [-0.2, -0.15) is 0 Å². The predicted octanol–water partition coefficient (Wildman–Crippen LogP) is 2.88. The number of carbonyl (C=O) groups excluding carboxylic acids is 1. The minimum absolute atomic E-state index is 0.102. The van der Waals surface area contributed by atoms with Gasteiger partial charge in [0, 0.05) is 18.9 Å². The van der Waals surface area contributed by atoms with E-state index < -0.39 is 17.6 Å². The van der Waals surface area contributed by atoms with Crippen LogP contribution in [0.2, 0.25) is 0 Å². The molecule has 18 heavy (non-hydrogen) atoms. The molecule has 0 spiro atoms. The summed E-state index contributed by atoms with van der Waals surface area (Å²) in [5.74, 6) is -2.95. The Morgan fingerprint density at radius 2 is 2.11 bits per heavy atom. The van der Waals surface area contributed by atoms with Crippen molar-refractivity contribution >= 4 is 5.97 Å². The Morgan fingerprint density at radius 1 is 1.50 bits per heavy atom. The Hall–Kier alpha value is -0.710. The van der Waals surface area contributed by atoms with Gasteiger partial charge in [-0.25, -0.2) is 8.78 Å². The van der Waals surface area contributed by atoms with Crippen LogP contribution >= 0.6 is 0 Å². The van der Waals surface area contributed by atoms with Crippen LogP contribution in [0.5, 0.6) is 0 Å². The van der Waals surface area contributed by atoms with Gasteiger partial charge in [0.2, 0.25) is 5.92 Å². The number of esters is 1. The third-order valence-electron chi connectivity index (χ3n) is 2.94. The topological polar surface area (TPSA) is 38.3 Å². The zero-order valence-corrected chi connectivity index (χ0v) is 11.6. The highest BCUT2D eigenvalue weighted by molar-refractivity contribution is 5.76. The van der Waals surface area contributed by atoms with Crippen LogP contribution in [-0.2, 0) is 9.53 Å². The first-order valence-corrected chi connectivity index (χ1v) is 6.50. The second kappa shape index (κ2) is 5.51.